The molecule has 0 N–H and O–H groups in total. The van der Waals surface area contributed by atoms with E-state index >= 15 is 0 Å². The second kappa shape index (κ2) is 12.2. The zero-order valence-corrected chi connectivity index (χ0v) is 30.3. The van der Waals surface area contributed by atoms with Gasteiger partial charge in [0, 0.05) is 22.5 Å². The third kappa shape index (κ3) is 4.77. The molecule has 0 fully saturated rings. The summed E-state index contributed by atoms with van der Waals surface area (Å²) < 4.78 is 0. The number of benzene rings is 7. The van der Waals surface area contributed by atoms with Gasteiger partial charge in [-0.25, -0.2) is 0 Å². The number of allylic oxidation sites excluding steroid dienone is 4. The molecule has 0 saturated carbocycles. The molecule has 10 rings (SSSR count). The Morgan fingerprint density at radius 2 is 0.962 bits per heavy atom. The van der Waals surface area contributed by atoms with Crippen LogP contribution in [0.3, 0.4) is 0 Å². The number of anilines is 3. The molecule has 1 nitrogen and oxygen atoms in total. The molecule has 254 valence electrons. The van der Waals surface area contributed by atoms with Crippen LogP contribution >= 0.6 is 0 Å². The van der Waals surface area contributed by atoms with Gasteiger partial charge in [0.15, 0.2) is 0 Å². The largest absolute Gasteiger partial charge is 0.310 e. The summed E-state index contributed by atoms with van der Waals surface area (Å²) in [5.41, 5.74) is 18.9. The molecule has 7 aromatic rings. The fraction of sp³-hybridized carbons (Fsp3) is 0.115. The smallest absolute Gasteiger partial charge is 0.0713 e. The highest BCUT2D eigenvalue weighted by molar-refractivity contribution is 5.88. The van der Waals surface area contributed by atoms with Crippen LogP contribution in [0.15, 0.2) is 188 Å². The molecule has 7 aromatic carbocycles. The van der Waals surface area contributed by atoms with Gasteiger partial charge in [0.25, 0.3) is 0 Å². The van der Waals surface area contributed by atoms with E-state index in [9.17, 15) is 0 Å². The molecule has 0 spiro atoms. The maximum absolute atomic E-state index is 2.44. The van der Waals surface area contributed by atoms with Gasteiger partial charge in [-0.15, -0.1) is 0 Å². The summed E-state index contributed by atoms with van der Waals surface area (Å²) in [6.07, 6.45) is 8.88. The Bertz CT molecular complexity index is 2520. The number of rotatable bonds is 6. The average Bonchev–Trinajstić information content (AvgIpc) is 3.65. The molecule has 1 heteroatoms. The first-order chi connectivity index (χ1) is 26.0. The van der Waals surface area contributed by atoms with Gasteiger partial charge in [0.2, 0.25) is 0 Å². The van der Waals surface area contributed by atoms with Gasteiger partial charge >= 0.3 is 0 Å². The van der Waals surface area contributed by atoms with Crippen molar-refractivity contribution in [3.8, 4) is 22.3 Å². The molecule has 53 heavy (non-hydrogen) atoms. The molecule has 0 heterocycles. The van der Waals surface area contributed by atoms with E-state index in [-0.39, 0.29) is 5.41 Å². The van der Waals surface area contributed by atoms with Gasteiger partial charge in [-0.05, 0) is 116 Å². The van der Waals surface area contributed by atoms with Crippen molar-refractivity contribution >= 4 is 22.6 Å². The van der Waals surface area contributed by atoms with Crippen molar-refractivity contribution in [3.63, 3.8) is 0 Å². The molecule has 0 radical (unpaired) electrons. The number of hydrogen-bond acceptors (Lipinski definition) is 1. The van der Waals surface area contributed by atoms with Crippen molar-refractivity contribution in [2.24, 2.45) is 0 Å². The van der Waals surface area contributed by atoms with E-state index in [1.807, 2.05) is 0 Å². The number of fused-ring (bicyclic) bond motifs is 6. The maximum Gasteiger partial charge on any atom is 0.0713 e. The van der Waals surface area contributed by atoms with Gasteiger partial charge in [-0.2, -0.15) is 0 Å². The summed E-state index contributed by atoms with van der Waals surface area (Å²) in [4.78, 5) is 2.44. The van der Waals surface area contributed by atoms with Crippen molar-refractivity contribution in [2.45, 2.75) is 37.5 Å². The van der Waals surface area contributed by atoms with Crippen LogP contribution in [-0.2, 0) is 10.8 Å². The molecule has 0 aromatic heterocycles. The Labute approximate surface area is 313 Å². The van der Waals surface area contributed by atoms with Crippen molar-refractivity contribution in [1.82, 2.24) is 0 Å². The summed E-state index contributed by atoms with van der Waals surface area (Å²) in [5.74, 6) is 0. The standard InChI is InChI=1S/C52H41N/c1-51(2)47-22-12-9-19-43(47)46-34-33-42(35-50(46)51)53(40-29-25-37(26-30-40)36-15-5-3-6-16-36)41-31-27-39(28-32-41)52(38-17-7-4-8-18-38)48-23-13-10-20-44(48)45-21-11-14-24-49(45)52/h3-5,7-15,17-35H,6,16H2,1-2H3. The van der Waals surface area contributed by atoms with Crippen LogP contribution in [0.5, 0.6) is 0 Å². The minimum Gasteiger partial charge on any atom is -0.310 e. The predicted molar refractivity (Wildman–Crippen MR) is 222 cm³/mol. The Hall–Kier alpha value is -6.18. The van der Waals surface area contributed by atoms with Crippen LogP contribution in [0.25, 0.3) is 27.8 Å². The van der Waals surface area contributed by atoms with E-state index in [1.165, 1.54) is 72.5 Å². The highest BCUT2D eigenvalue weighted by Gasteiger charge is 2.46. The summed E-state index contributed by atoms with van der Waals surface area (Å²) in [5, 5.41) is 0. The third-order valence-electron chi connectivity index (χ3n) is 12.1. The van der Waals surface area contributed by atoms with Crippen LogP contribution in [0.1, 0.15) is 65.6 Å². The van der Waals surface area contributed by atoms with Gasteiger partial charge in [0.1, 0.15) is 0 Å². The lowest BCUT2D eigenvalue weighted by Gasteiger charge is -2.34. The van der Waals surface area contributed by atoms with E-state index in [4.69, 9.17) is 0 Å². The molecule has 0 amide bonds. The van der Waals surface area contributed by atoms with Crippen LogP contribution < -0.4 is 4.90 Å². The van der Waals surface area contributed by atoms with E-state index in [0.717, 1.165) is 24.2 Å². The highest BCUT2D eigenvalue weighted by Crippen LogP contribution is 2.56. The predicted octanol–water partition coefficient (Wildman–Crippen LogP) is 13.6. The van der Waals surface area contributed by atoms with Crippen LogP contribution in [0, 0.1) is 0 Å². The topological polar surface area (TPSA) is 3.24 Å². The Kier molecular flexibility index (Phi) is 7.27. The summed E-state index contributed by atoms with van der Waals surface area (Å²) in [7, 11) is 0. The van der Waals surface area contributed by atoms with Gasteiger partial charge in [-0.1, -0.05) is 166 Å². The second-order valence-electron chi connectivity index (χ2n) is 15.2. The van der Waals surface area contributed by atoms with Gasteiger partial charge in [-0.3, -0.25) is 0 Å². The molecular weight excluding hydrogens is 639 g/mol. The van der Waals surface area contributed by atoms with Crippen LogP contribution in [0.2, 0.25) is 0 Å². The molecule has 3 aliphatic rings. The molecule has 0 atom stereocenters. The van der Waals surface area contributed by atoms with Gasteiger partial charge in [0.05, 0.1) is 5.41 Å². The van der Waals surface area contributed by atoms with Crippen LogP contribution in [0.4, 0.5) is 17.1 Å². The maximum atomic E-state index is 2.44. The van der Waals surface area contributed by atoms with E-state index < -0.39 is 5.41 Å². The first kappa shape index (κ1) is 31.5. The highest BCUT2D eigenvalue weighted by atomic mass is 15.1. The normalized spacial score (nSPS) is 15.5. The van der Waals surface area contributed by atoms with Crippen LogP contribution in [-0.4, -0.2) is 0 Å². The first-order valence-corrected chi connectivity index (χ1v) is 18.9. The van der Waals surface area contributed by atoms with Crippen molar-refractivity contribution in [3.05, 3.63) is 227 Å². The molecular formula is C52H41N. The van der Waals surface area contributed by atoms with E-state index in [2.05, 4.69) is 207 Å². The van der Waals surface area contributed by atoms with Crippen molar-refractivity contribution in [1.29, 1.82) is 0 Å². The Balaban J connectivity index is 1.14. The summed E-state index contributed by atoms with van der Waals surface area (Å²) in [6, 6.07) is 63.6. The quantitative estimate of drug-likeness (QED) is 0.169. The monoisotopic (exact) mass is 679 g/mol. The van der Waals surface area contributed by atoms with Gasteiger partial charge < -0.3 is 4.90 Å². The van der Waals surface area contributed by atoms with E-state index in [1.54, 1.807) is 0 Å². The van der Waals surface area contributed by atoms with E-state index in [0.29, 0.717) is 0 Å². The average molecular weight is 680 g/mol. The fourth-order valence-electron chi connectivity index (χ4n) is 9.52. The molecule has 0 unspecified atom stereocenters. The Morgan fingerprint density at radius 3 is 1.58 bits per heavy atom. The summed E-state index contributed by atoms with van der Waals surface area (Å²) in [6.45, 7) is 4.73. The lowest BCUT2D eigenvalue weighted by molar-refractivity contribution is 0.660. The molecule has 0 bridgehead atoms. The number of hydrogen-bond donors (Lipinski definition) is 0. The summed E-state index contributed by atoms with van der Waals surface area (Å²) >= 11 is 0. The third-order valence-corrected chi connectivity index (χ3v) is 12.1. The minimum absolute atomic E-state index is 0.0897. The first-order valence-electron chi connectivity index (χ1n) is 18.9. The van der Waals surface area contributed by atoms with Crippen molar-refractivity contribution < 1.29 is 0 Å². The molecule has 0 saturated heterocycles. The zero-order chi connectivity index (χ0) is 35.6. The lowest BCUT2D eigenvalue weighted by atomic mass is 9.68. The zero-order valence-electron chi connectivity index (χ0n) is 30.3. The molecule has 0 aliphatic heterocycles. The molecule has 3 aliphatic carbocycles. The SMILES string of the molecule is CC1(C)c2ccccc2-c2ccc(N(c3ccc(C4=CC=CCC4)cc3)c3ccc(C4(c5ccccc5)c5ccccc5-c5ccccc54)cc3)cc21. The lowest BCUT2D eigenvalue weighted by Crippen LogP contribution is -2.28. The minimum atomic E-state index is -0.426. The fourth-order valence-corrected chi connectivity index (χ4v) is 9.52. The Morgan fingerprint density at radius 1 is 0.453 bits per heavy atom. The second-order valence-corrected chi connectivity index (χ2v) is 15.2. The number of nitrogens with zero attached hydrogens (tertiary/aromatic N) is 1. The van der Waals surface area contributed by atoms with Crippen molar-refractivity contribution in [2.75, 3.05) is 4.90 Å².